The van der Waals surface area contributed by atoms with Crippen LogP contribution in [0.15, 0.2) is 24.3 Å². The third kappa shape index (κ3) is 3.85. The monoisotopic (exact) mass is 328 g/mol. The van der Waals surface area contributed by atoms with Crippen LogP contribution in [-0.2, 0) is 6.18 Å². The Morgan fingerprint density at radius 2 is 1.96 bits per heavy atom. The van der Waals surface area contributed by atoms with Crippen molar-refractivity contribution in [2.45, 2.75) is 18.6 Å². The van der Waals surface area contributed by atoms with Crippen molar-refractivity contribution in [1.29, 1.82) is 0 Å². The van der Waals surface area contributed by atoms with Crippen molar-refractivity contribution in [2.24, 2.45) is 17.6 Å². The van der Waals surface area contributed by atoms with Crippen LogP contribution in [0.4, 0.5) is 13.2 Å². The predicted octanol–water partition coefficient (Wildman–Crippen LogP) is 1.75. The maximum absolute atomic E-state index is 12.7. The van der Waals surface area contributed by atoms with Crippen LogP contribution in [0, 0.1) is 11.8 Å². The van der Waals surface area contributed by atoms with Gasteiger partial charge in [-0.05, 0) is 43.1 Å². The van der Waals surface area contributed by atoms with E-state index in [0.29, 0.717) is 11.8 Å². The van der Waals surface area contributed by atoms with Crippen LogP contribution in [0.1, 0.15) is 23.6 Å². The molecule has 0 aliphatic carbocycles. The summed E-state index contributed by atoms with van der Waals surface area (Å²) in [7, 11) is 0. The van der Waals surface area contributed by atoms with Crippen LogP contribution in [0.5, 0.6) is 0 Å². The molecule has 0 bridgehead atoms. The van der Waals surface area contributed by atoms with Crippen LogP contribution in [0.2, 0.25) is 0 Å². The molecule has 128 valence electrons. The number of hydrogen-bond donors (Lipinski definition) is 3. The summed E-state index contributed by atoms with van der Waals surface area (Å²) < 4.78 is 38.0. The molecule has 2 aliphatic heterocycles. The van der Waals surface area contributed by atoms with Gasteiger partial charge in [0.1, 0.15) is 0 Å². The summed E-state index contributed by atoms with van der Waals surface area (Å²) in [5, 5.41) is 0. The van der Waals surface area contributed by atoms with Crippen molar-refractivity contribution in [3.63, 3.8) is 0 Å². The average Bonchev–Trinajstić information content (AvgIpc) is 3.16. The van der Waals surface area contributed by atoms with E-state index in [0.717, 1.165) is 56.8 Å². The number of rotatable bonds is 4. The second-order valence-corrected chi connectivity index (χ2v) is 6.53. The first-order valence-electron chi connectivity index (χ1n) is 8.05. The third-order valence-corrected chi connectivity index (χ3v) is 4.89. The highest BCUT2D eigenvalue weighted by molar-refractivity contribution is 5.27. The standard InChI is InChI=1S/C16H23F3N4/c17-16(18,19)14-3-1-12(2-4-14)15-13(8-21-22-15)10-23-6-5-11(7-20)9-23/h1-4,11,13,15,21-22H,5-10,20H2. The van der Waals surface area contributed by atoms with Gasteiger partial charge in [-0.2, -0.15) is 13.2 Å². The van der Waals surface area contributed by atoms with Crippen molar-refractivity contribution >= 4 is 0 Å². The number of likely N-dealkylation sites (tertiary alicyclic amines) is 1. The van der Waals surface area contributed by atoms with Gasteiger partial charge in [-0.15, -0.1) is 0 Å². The zero-order valence-corrected chi connectivity index (χ0v) is 12.9. The maximum atomic E-state index is 12.7. The summed E-state index contributed by atoms with van der Waals surface area (Å²) in [5.41, 5.74) is 12.4. The Balaban J connectivity index is 1.64. The fourth-order valence-electron chi connectivity index (χ4n) is 3.54. The van der Waals surface area contributed by atoms with E-state index in [2.05, 4.69) is 15.8 Å². The van der Waals surface area contributed by atoms with Gasteiger partial charge < -0.3 is 10.6 Å². The van der Waals surface area contributed by atoms with Crippen molar-refractivity contribution < 1.29 is 13.2 Å². The van der Waals surface area contributed by atoms with Gasteiger partial charge in [0, 0.05) is 25.6 Å². The Morgan fingerprint density at radius 1 is 1.22 bits per heavy atom. The van der Waals surface area contributed by atoms with Crippen molar-refractivity contribution in [3.05, 3.63) is 35.4 Å². The van der Waals surface area contributed by atoms with Gasteiger partial charge in [0.25, 0.3) is 0 Å². The largest absolute Gasteiger partial charge is 0.416 e. The van der Waals surface area contributed by atoms with E-state index in [1.54, 1.807) is 12.1 Å². The van der Waals surface area contributed by atoms with Crippen LogP contribution in [-0.4, -0.2) is 37.6 Å². The van der Waals surface area contributed by atoms with Gasteiger partial charge in [0.15, 0.2) is 0 Å². The molecule has 2 heterocycles. The van der Waals surface area contributed by atoms with E-state index in [9.17, 15) is 13.2 Å². The zero-order chi connectivity index (χ0) is 16.4. The first kappa shape index (κ1) is 16.7. The third-order valence-electron chi connectivity index (χ3n) is 4.89. The highest BCUT2D eigenvalue weighted by Crippen LogP contribution is 2.32. The molecule has 3 atom stereocenters. The fourth-order valence-corrected chi connectivity index (χ4v) is 3.54. The molecule has 0 aromatic heterocycles. The van der Waals surface area contributed by atoms with E-state index in [-0.39, 0.29) is 6.04 Å². The minimum absolute atomic E-state index is 0.0363. The Hall–Kier alpha value is -1.15. The van der Waals surface area contributed by atoms with Gasteiger partial charge in [-0.3, -0.25) is 5.43 Å². The topological polar surface area (TPSA) is 53.3 Å². The Labute approximate surface area is 134 Å². The normalized spacial score (nSPS) is 29.3. The lowest BCUT2D eigenvalue weighted by molar-refractivity contribution is -0.137. The lowest BCUT2D eigenvalue weighted by atomic mass is 9.93. The molecule has 2 saturated heterocycles. The molecular weight excluding hydrogens is 305 g/mol. The smallest absolute Gasteiger partial charge is 0.330 e. The molecule has 0 saturated carbocycles. The highest BCUT2D eigenvalue weighted by atomic mass is 19.4. The second kappa shape index (κ2) is 6.76. The number of hydrazine groups is 1. The lowest BCUT2D eigenvalue weighted by Crippen LogP contribution is -2.32. The number of hydrogen-bond acceptors (Lipinski definition) is 4. The van der Waals surface area contributed by atoms with Crippen LogP contribution in [0.25, 0.3) is 0 Å². The molecular formula is C16H23F3N4. The first-order valence-corrected chi connectivity index (χ1v) is 8.05. The molecule has 4 N–H and O–H groups in total. The summed E-state index contributed by atoms with van der Waals surface area (Å²) in [6.07, 6.45) is -3.15. The summed E-state index contributed by atoms with van der Waals surface area (Å²) >= 11 is 0. The average molecular weight is 328 g/mol. The molecule has 2 aliphatic rings. The molecule has 0 amide bonds. The molecule has 1 aromatic carbocycles. The summed E-state index contributed by atoms with van der Waals surface area (Å²) in [5.74, 6) is 0.908. The molecule has 4 nitrogen and oxygen atoms in total. The van der Waals surface area contributed by atoms with E-state index in [1.165, 1.54) is 0 Å². The highest BCUT2D eigenvalue weighted by Gasteiger charge is 2.34. The summed E-state index contributed by atoms with van der Waals surface area (Å²) in [4.78, 5) is 2.41. The summed E-state index contributed by atoms with van der Waals surface area (Å²) in [6.45, 7) is 4.54. The minimum atomic E-state index is -4.29. The Bertz CT molecular complexity index is 517. The molecule has 0 spiro atoms. The van der Waals surface area contributed by atoms with E-state index >= 15 is 0 Å². The molecule has 23 heavy (non-hydrogen) atoms. The number of benzene rings is 1. The Kier molecular flexibility index (Phi) is 4.91. The first-order chi connectivity index (χ1) is 11.0. The van der Waals surface area contributed by atoms with Gasteiger partial charge in [0.05, 0.1) is 11.6 Å². The van der Waals surface area contributed by atoms with E-state index in [1.807, 2.05) is 0 Å². The SMILES string of the molecule is NCC1CCN(CC2CNNC2c2ccc(C(F)(F)F)cc2)C1. The number of nitrogens with two attached hydrogens (primary N) is 1. The molecule has 3 rings (SSSR count). The van der Waals surface area contributed by atoms with Gasteiger partial charge >= 0.3 is 6.18 Å². The molecule has 7 heteroatoms. The second-order valence-electron chi connectivity index (χ2n) is 6.53. The van der Waals surface area contributed by atoms with Gasteiger partial charge in [-0.1, -0.05) is 12.1 Å². The molecule has 2 fully saturated rings. The van der Waals surface area contributed by atoms with Crippen molar-refractivity contribution in [3.8, 4) is 0 Å². The molecule has 1 aromatic rings. The van der Waals surface area contributed by atoms with Crippen LogP contribution < -0.4 is 16.6 Å². The van der Waals surface area contributed by atoms with Crippen LogP contribution >= 0.6 is 0 Å². The number of alkyl halides is 3. The van der Waals surface area contributed by atoms with E-state index in [4.69, 9.17) is 5.73 Å². The predicted molar refractivity (Wildman–Crippen MR) is 82.4 cm³/mol. The van der Waals surface area contributed by atoms with E-state index < -0.39 is 11.7 Å². The number of nitrogens with one attached hydrogen (secondary N) is 2. The van der Waals surface area contributed by atoms with Gasteiger partial charge in [-0.25, -0.2) is 5.43 Å². The fraction of sp³-hybridized carbons (Fsp3) is 0.625. The molecule has 3 unspecified atom stereocenters. The zero-order valence-electron chi connectivity index (χ0n) is 12.9. The quantitative estimate of drug-likeness (QED) is 0.788. The molecule has 0 radical (unpaired) electrons. The number of halogens is 3. The van der Waals surface area contributed by atoms with Crippen molar-refractivity contribution in [1.82, 2.24) is 15.8 Å². The minimum Gasteiger partial charge on any atom is -0.330 e. The Morgan fingerprint density at radius 3 is 2.57 bits per heavy atom. The van der Waals surface area contributed by atoms with Crippen LogP contribution in [0.3, 0.4) is 0 Å². The summed E-state index contributed by atoms with van der Waals surface area (Å²) in [6, 6.07) is 5.51. The van der Waals surface area contributed by atoms with Gasteiger partial charge in [0.2, 0.25) is 0 Å². The maximum Gasteiger partial charge on any atom is 0.416 e. The number of nitrogens with zero attached hydrogens (tertiary/aromatic N) is 1. The lowest BCUT2D eigenvalue weighted by Gasteiger charge is -2.24. The van der Waals surface area contributed by atoms with Crippen molar-refractivity contribution in [2.75, 3.05) is 32.7 Å².